The van der Waals surface area contributed by atoms with Crippen LogP contribution in [0.4, 0.5) is 4.79 Å². The van der Waals surface area contributed by atoms with Crippen LogP contribution in [0, 0.1) is 0 Å². The molecule has 0 spiro atoms. The van der Waals surface area contributed by atoms with Gasteiger partial charge in [-0.25, -0.2) is 9.78 Å². The van der Waals surface area contributed by atoms with Crippen molar-refractivity contribution in [3.8, 4) is 10.6 Å². The summed E-state index contributed by atoms with van der Waals surface area (Å²) < 4.78 is 6.12. The van der Waals surface area contributed by atoms with Crippen LogP contribution >= 0.6 is 11.3 Å². The van der Waals surface area contributed by atoms with Crippen molar-refractivity contribution in [1.82, 2.24) is 15.2 Å². The van der Waals surface area contributed by atoms with Gasteiger partial charge < -0.3 is 20.1 Å². The Bertz CT molecular complexity index is 1260. The van der Waals surface area contributed by atoms with Gasteiger partial charge in [-0.1, -0.05) is 54.6 Å². The van der Waals surface area contributed by atoms with Crippen LogP contribution in [0.1, 0.15) is 74.1 Å². The number of carbonyl (C=O) groups excluding carboxylic acids is 2. The molecule has 1 saturated heterocycles. The van der Waals surface area contributed by atoms with Crippen molar-refractivity contribution < 1.29 is 19.4 Å². The molecule has 194 valence electrons. The van der Waals surface area contributed by atoms with Gasteiger partial charge in [0, 0.05) is 36.4 Å². The summed E-state index contributed by atoms with van der Waals surface area (Å²) in [5.41, 5.74) is 1.41. The van der Waals surface area contributed by atoms with Gasteiger partial charge in [0.15, 0.2) is 0 Å². The normalized spacial score (nSPS) is 20.9. The first-order valence-electron chi connectivity index (χ1n) is 12.8. The van der Waals surface area contributed by atoms with Gasteiger partial charge >= 0.3 is 6.09 Å². The standard InChI is InChI=1S/C29H33N3O4S/c1-19(20-9-11-21(12-10-20)26-31-24(17-37-26)25(33)30-23-13-14-23)32-16-15-29(36-27(32)34,18-28(2,3)35)22-7-5-4-6-8-22/h4-12,17,19,23,35H,13-16,18H2,1-3H3,(H,30,33). The lowest BCUT2D eigenvalue weighted by Crippen LogP contribution is -2.51. The van der Waals surface area contributed by atoms with Crippen molar-refractivity contribution in [1.29, 1.82) is 0 Å². The number of aliphatic hydroxyl groups is 1. The first-order valence-corrected chi connectivity index (χ1v) is 13.7. The van der Waals surface area contributed by atoms with Crippen LogP contribution in [0.5, 0.6) is 0 Å². The minimum Gasteiger partial charge on any atom is -0.438 e. The Labute approximate surface area is 221 Å². The van der Waals surface area contributed by atoms with Crippen molar-refractivity contribution in [2.45, 2.75) is 69.7 Å². The van der Waals surface area contributed by atoms with Crippen LogP contribution in [-0.2, 0) is 10.3 Å². The average molecular weight is 520 g/mol. The third kappa shape index (κ3) is 5.70. The number of amides is 2. The number of hydrogen-bond acceptors (Lipinski definition) is 6. The molecule has 2 unspecified atom stereocenters. The summed E-state index contributed by atoms with van der Waals surface area (Å²) in [4.78, 5) is 31.8. The molecule has 5 rings (SSSR count). The number of carbonyl (C=O) groups is 2. The lowest BCUT2D eigenvalue weighted by molar-refractivity contribution is -0.101. The number of nitrogens with zero attached hydrogens (tertiary/aromatic N) is 2. The van der Waals surface area contributed by atoms with Crippen LogP contribution in [0.2, 0.25) is 0 Å². The third-order valence-corrected chi connectivity index (χ3v) is 7.94. The summed E-state index contributed by atoms with van der Waals surface area (Å²) in [6.45, 7) is 5.99. The monoisotopic (exact) mass is 519 g/mol. The van der Waals surface area contributed by atoms with Crippen molar-refractivity contribution in [2.24, 2.45) is 0 Å². The highest BCUT2D eigenvalue weighted by atomic mass is 32.1. The molecule has 2 aliphatic rings. The minimum atomic E-state index is -0.992. The van der Waals surface area contributed by atoms with Gasteiger partial charge in [0.2, 0.25) is 0 Å². The highest BCUT2D eigenvalue weighted by Gasteiger charge is 2.46. The maximum atomic E-state index is 13.3. The van der Waals surface area contributed by atoms with E-state index in [4.69, 9.17) is 4.74 Å². The highest BCUT2D eigenvalue weighted by Crippen LogP contribution is 2.42. The lowest BCUT2D eigenvalue weighted by atomic mass is 9.80. The third-order valence-electron chi connectivity index (χ3n) is 7.05. The Kier molecular flexibility index (Phi) is 6.81. The fraction of sp³-hybridized carbons (Fsp3) is 0.414. The van der Waals surface area contributed by atoms with Gasteiger partial charge in [-0.15, -0.1) is 11.3 Å². The second kappa shape index (κ2) is 9.91. The fourth-order valence-electron chi connectivity index (χ4n) is 4.97. The van der Waals surface area contributed by atoms with E-state index >= 15 is 0 Å². The highest BCUT2D eigenvalue weighted by molar-refractivity contribution is 7.13. The lowest BCUT2D eigenvalue weighted by Gasteiger charge is -2.45. The SMILES string of the molecule is CC(c1ccc(-c2nc(C(=O)NC3CC3)cs2)cc1)N1CCC(CC(C)(C)O)(c2ccccc2)OC1=O. The number of ether oxygens (including phenoxy) is 1. The summed E-state index contributed by atoms with van der Waals surface area (Å²) >= 11 is 1.45. The van der Waals surface area contributed by atoms with E-state index in [1.165, 1.54) is 11.3 Å². The summed E-state index contributed by atoms with van der Waals surface area (Å²) in [7, 11) is 0. The molecule has 2 atom stereocenters. The quantitative estimate of drug-likeness (QED) is 0.401. The number of rotatable bonds is 8. The molecule has 2 heterocycles. The molecule has 0 bridgehead atoms. The number of benzene rings is 2. The number of hydrogen-bond donors (Lipinski definition) is 2. The molecular formula is C29H33N3O4S. The van der Waals surface area contributed by atoms with Crippen LogP contribution < -0.4 is 5.32 Å². The molecule has 2 aromatic carbocycles. The second-order valence-electron chi connectivity index (χ2n) is 10.7. The first-order chi connectivity index (χ1) is 17.6. The van der Waals surface area contributed by atoms with Gasteiger partial charge in [0.1, 0.15) is 16.3 Å². The Balaban J connectivity index is 1.29. The second-order valence-corrected chi connectivity index (χ2v) is 11.6. The van der Waals surface area contributed by atoms with E-state index in [2.05, 4.69) is 10.3 Å². The van der Waals surface area contributed by atoms with Crippen molar-refractivity contribution in [3.05, 3.63) is 76.8 Å². The molecule has 8 heteroatoms. The van der Waals surface area contributed by atoms with E-state index in [0.717, 1.165) is 34.5 Å². The molecule has 1 aliphatic heterocycles. The average Bonchev–Trinajstić information content (AvgIpc) is 3.54. The number of aromatic nitrogens is 1. The van der Waals surface area contributed by atoms with Crippen molar-refractivity contribution in [3.63, 3.8) is 0 Å². The van der Waals surface area contributed by atoms with Crippen LogP contribution in [0.15, 0.2) is 60.0 Å². The zero-order chi connectivity index (χ0) is 26.2. The number of cyclic esters (lactones) is 1. The van der Waals surface area contributed by atoms with Gasteiger partial charge in [0.25, 0.3) is 5.91 Å². The maximum absolute atomic E-state index is 13.3. The smallest absolute Gasteiger partial charge is 0.411 e. The van der Waals surface area contributed by atoms with Crippen molar-refractivity contribution in [2.75, 3.05) is 6.54 Å². The van der Waals surface area contributed by atoms with Crippen LogP contribution in [0.25, 0.3) is 10.6 Å². The predicted octanol–water partition coefficient (Wildman–Crippen LogP) is 5.66. The van der Waals surface area contributed by atoms with E-state index < -0.39 is 11.2 Å². The van der Waals surface area contributed by atoms with Crippen LogP contribution in [0.3, 0.4) is 0 Å². The minimum absolute atomic E-state index is 0.116. The van der Waals surface area contributed by atoms with Crippen LogP contribution in [-0.4, -0.2) is 45.2 Å². The van der Waals surface area contributed by atoms with E-state index in [9.17, 15) is 14.7 Å². The molecule has 37 heavy (non-hydrogen) atoms. The summed E-state index contributed by atoms with van der Waals surface area (Å²) in [5.74, 6) is -0.116. The van der Waals surface area contributed by atoms with Crippen molar-refractivity contribution >= 4 is 23.3 Å². The molecule has 0 radical (unpaired) electrons. The van der Waals surface area contributed by atoms with E-state index in [-0.39, 0.29) is 18.0 Å². The van der Waals surface area contributed by atoms with Gasteiger partial charge in [-0.05, 0) is 44.7 Å². The molecule has 3 aromatic rings. The maximum Gasteiger partial charge on any atom is 0.411 e. The zero-order valence-electron chi connectivity index (χ0n) is 21.4. The molecule has 2 N–H and O–H groups in total. The van der Waals surface area contributed by atoms with Gasteiger partial charge in [-0.2, -0.15) is 0 Å². The van der Waals surface area contributed by atoms with E-state index in [1.807, 2.05) is 61.5 Å². The predicted molar refractivity (Wildman–Crippen MR) is 143 cm³/mol. The molecule has 7 nitrogen and oxygen atoms in total. The Hall–Kier alpha value is -3.23. The summed E-state index contributed by atoms with van der Waals surface area (Å²) in [6, 6.07) is 17.8. The number of nitrogens with one attached hydrogen (secondary N) is 1. The zero-order valence-corrected chi connectivity index (χ0v) is 22.3. The fourth-order valence-corrected chi connectivity index (χ4v) is 5.78. The van der Waals surface area contributed by atoms with Gasteiger partial charge in [0.05, 0.1) is 11.6 Å². The Morgan fingerprint density at radius 3 is 2.54 bits per heavy atom. The Morgan fingerprint density at radius 2 is 1.92 bits per heavy atom. The van der Waals surface area contributed by atoms with Gasteiger partial charge in [-0.3, -0.25) is 4.79 Å². The largest absolute Gasteiger partial charge is 0.438 e. The topological polar surface area (TPSA) is 91.8 Å². The molecule has 2 fully saturated rings. The molecule has 1 aromatic heterocycles. The van der Waals surface area contributed by atoms with E-state index in [0.29, 0.717) is 31.1 Å². The molecular weight excluding hydrogens is 486 g/mol. The summed E-state index contributed by atoms with van der Waals surface area (Å²) in [5, 5.41) is 16.1. The van der Waals surface area contributed by atoms with E-state index in [1.54, 1.807) is 24.1 Å². The summed E-state index contributed by atoms with van der Waals surface area (Å²) in [6.07, 6.45) is 2.60. The first kappa shape index (κ1) is 25.4. The number of thiazole rings is 1. The molecule has 2 amide bonds. The molecule has 1 saturated carbocycles. The molecule has 1 aliphatic carbocycles. The Morgan fingerprint density at radius 1 is 1.22 bits per heavy atom.